The maximum atomic E-state index is 11.1. The molecule has 0 aliphatic carbocycles. The van der Waals surface area contributed by atoms with E-state index >= 15 is 0 Å². The third kappa shape index (κ3) is 4.46. The number of carbonyl (C=O) groups excluding carboxylic acids is 1. The molecule has 0 bridgehead atoms. The quantitative estimate of drug-likeness (QED) is 0.637. The lowest BCUT2D eigenvalue weighted by molar-refractivity contribution is -0.119. The van der Waals surface area contributed by atoms with Gasteiger partial charge < -0.3 is 0 Å². The summed E-state index contributed by atoms with van der Waals surface area (Å²) in [7, 11) is 0. The maximum Gasteiger partial charge on any atom is 0.145 e. The van der Waals surface area contributed by atoms with Crippen LogP contribution in [0.4, 0.5) is 0 Å². The molecule has 0 aromatic carbocycles. The third-order valence-corrected chi connectivity index (χ3v) is 2.11. The Kier molecular flexibility index (Phi) is 3.18. The van der Waals surface area contributed by atoms with Gasteiger partial charge in [0.15, 0.2) is 0 Å². The van der Waals surface area contributed by atoms with Gasteiger partial charge in [-0.2, -0.15) is 12.6 Å². The van der Waals surface area contributed by atoms with Crippen molar-refractivity contribution in [2.24, 2.45) is 5.41 Å². The molecule has 0 rings (SSSR count). The van der Waals surface area contributed by atoms with E-state index in [0.717, 1.165) is 6.42 Å². The highest BCUT2D eigenvalue weighted by molar-refractivity contribution is 7.82. The fourth-order valence-electron chi connectivity index (χ4n) is 1.16. The van der Waals surface area contributed by atoms with Crippen LogP contribution in [0.3, 0.4) is 0 Å². The first kappa shape index (κ1) is 11.0. The summed E-state index contributed by atoms with van der Waals surface area (Å²) in [6, 6.07) is 0. The van der Waals surface area contributed by atoms with E-state index in [2.05, 4.69) is 33.4 Å². The normalized spacial score (nSPS) is 17.6. The average Bonchev–Trinajstić information content (AvgIpc) is 1.56. The van der Waals surface area contributed by atoms with Gasteiger partial charge in [0.2, 0.25) is 0 Å². The van der Waals surface area contributed by atoms with Gasteiger partial charge in [-0.05, 0) is 25.7 Å². The first-order chi connectivity index (χ1) is 4.65. The van der Waals surface area contributed by atoms with Gasteiger partial charge in [-0.15, -0.1) is 0 Å². The standard InChI is InChI=1S/C9H18OS/c1-7(10)9(5,11)6-8(2,3)4/h11H,6H2,1-5H3. The lowest BCUT2D eigenvalue weighted by Crippen LogP contribution is -2.31. The molecule has 1 nitrogen and oxygen atoms in total. The van der Waals surface area contributed by atoms with Gasteiger partial charge in [-0.25, -0.2) is 0 Å². The summed E-state index contributed by atoms with van der Waals surface area (Å²) in [5, 5.41) is 0. The van der Waals surface area contributed by atoms with Gasteiger partial charge >= 0.3 is 0 Å². The van der Waals surface area contributed by atoms with Crippen LogP contribution in [0.2, 0.25) is 0 Å². The summed E-state index contributed by atoms with van der Waals surface area (Å²) in [5.41, 5.74) is 0.169. The molecule has 0 aliphatic heterocycles. The molecule has 2 heteroatoms. The van der Waals surface area contributed by atoms with E-state index in [4.69, 9.17) is 0 Å². The lowest BCUT2D eigenvalue weighted by Gasteiger charge is -2.29. The first-order valence-electron chi connectivity index (χ1n) is 3.88. The Balaban J connectivity index is 4.25. The number of carbonyl (C=O) groups is 1. The fraction of sp³-hybridized carbons (Fsp3) is 0.889. The topological polar surface area (TPSA) is 17.1 Å². The zero-order valence-electron chi connectivity index (χ0n) is 8.06. The highest BCUT2D eigenvalue weighted by Crippen LogP contribution is 2.31. The van der Waals surface area contributed by atoms with Crippen LogP contribution >= 0.6 is 12.6 Å². The molecule has 0 aromatic rings. The van der Waals surface area contributed by atoms with Crippen molar-refractivity contribution in [1.29, 1.82) is 0 Å². The molecule has 1 unspecified atom stereocenters. The molecule has 0 aromatic heterocycles. The van der Waals surface area contributed by atoms with Gasteiger partial charge in [0, 0.05) is 0 Å². The molecule has 0 saturated carbocycles. The predicted molar refractivity (Wildman–Crippen MR) is 52.1 cm³/mol. The van der Waals surface area contributed by atoms with Crippen molar-refractivity contribution in [2.75, 3.05) is 0 Å². The van der Waals surface area contributed by atoms with Crippen LogP contribution in [-0.4, -0.2) is 10.5 Å². The number of hydrogen-bond donors (Lipinski definition) is 1. The largest absolute Gasteiger partial charge is 0.298 e. The van der Waals surface area contributed by atoms with E-state index in [1.165, 1.54) is 0 Å². The van der Waals surface area contributed by atoms with Crippen molar-refractivity contribution in [3.8, 4) is 0 Å². The van der Waals surface area contributed by atoms with Crippen LogP contribution in [0.1, 0.15) is 41.0 Å². The van der Waals surface area contributed by atoms with Gasteiger partial charge in [0.1, 0.15) is 5.78 Å². The molecular formula is C9H18OS. The zero-order valence-corrected chi connectivity index (χ0v) is 8.96. The summed E-state index contributed by atoms with van der Waals surface area (Å²) >= 11 is 4.33. The Morgan fingerprint density at radius 2 is 1.64 bits per heavy atom. The SMILES string of the molecule is CC(=O)C(C)(S)CC(C)(C)C. The maximum absolute atomic E-state index is 11.1. The van der Waals surface area contributed by atoms with Gasteiger partial charge in [0.05, 0.1) is 4.75 Å². The number of rotatable bonds is 2. The second-order valence-corrected chi connectivity index (χ2v) is 5.55. The Labute approximate surface area is 75.0 Å². The van der Waals surface area contributed by atoms with Crippen LogP contribution in [-0.2, 0) is 4.79 Å². The van der Waals surface area contributed by atoms with E-state index in [9.17, 15) is 4.79 Å². The number of thiol groups is 1. The Bertz CT molecular complexity index is 153. The number of Topliss-reactive ketones (excluding diaryl/α,β-unsaturated/α-hetero) is 1. The van der Waals surface area contributed by atoms with Crippen LogP contribution in [0.15, 0.2) is 0 Å². The predicted octanol–water partition coefficient (Wildman–Crippen LogP) is 2.70. The first-order valence-corrected chi connectivity index (χ1v) is 4.33. The van der Waals surface area contributed by atoms with E-state index in [-0.39, 0.29) is 11.2 Å². The molecule has 11 heavy (non-hydrogen) atoms. The van der Waals surface area contributed by atoms with Crippen LogP contribution in [0.25, 0.3) is 0 Å². The smallest absolute Gasteiger partial charge is 0.145 e. The Hall–Kier alpha value is 0.0200. The molecule has 0 fully saturated rings. The van der Waals surface area contributed by atoms with Crippen LogP contribution in [0.5, 0.6) is 0 Å². The van der Waals surface area contributed by atoms with E-state index in [1.807, 2.05) is 6.92 Å². The second kappa shape index (κ2) is 3.18. The minimum Gasteiger partial charge on any atom is -0.298 e. The Morgan fingerprint density at radius 3 is 1.73 bits per heavy atom. The number of hydrogen-bond acceptors (Lipinski definition) is 2. The molecule has 0 radical (unpaired) electrons. The highest BCUT2D eigenvalue weighted by Gasteiger charge is 2.30. The van der Waals surface area contributed by atoms with Gasteiger partial charge in [-0.3, -0.25) is 4.79 Å². The van der Waals surface area contributed by atoms with Crippen LogP contribution < -0.4 is 0 Å². The monoisotopic (exact) mass is 174 g/mol. The summed E-state index contributed by atoms with van der Waals surface area (Å²) in [4.78, 5) is 11.1. The van der Waals surface area contributed by atoms with Crippen molar-refractivity contribution in [1.82, 2.24) is 0 Å². The van der Waals surface area contributed by atoms with E-state index in [1.54, 1.807) is 6.92 Å². The molecule has 0 spiro atoms. The molecule has 0 heterocycles. The zero-order chi connectivity index (χ0) is 9.28. The second-order valence-electron chi connectivity index (χ2n) is 4.57. The average molecular weight is 174 g/mol. The molecule has 0 aliphatic rings. The van der Waals surface area contributed by atoms with Crippen molar-refractivity contribution in [3.05, 3.63) is 0 Å². The molecule has 0 amide bonds. The summed E-state index contributed by atoms with van der Waals surface area (Å²) in [5.74, 6) is 0.149. The summed E-state index contributed by atoms with van der Waals surface area (Å²) in [6.07, 6.45) is 0.818. The summed E-state index contributed by atoms with van der Waals surface area (Å²) in [6.45, 7) is 9.82. The molecular weight excluding hydrogens is 156 g/mol. The molecule has 66 valence electrons. The fourth-order valence-corrected chi connectivity index (χ4v) is 1.63. The Morgan fingerprint density at radius 1 is 1.27 bits per heavy atom. The van der Waals surface area contributed by atoms with Crippen molar-refractivity contribution in [2.45, 2.75) is 45.8 Å². The molecule has 0 saturated heterocycles. The van der Waals surface area contributed by atoms with Crippen molar-refractivity contribution in [3.63, 3.8) is 0 Å². The van der Waals surface area contributed by atoms with Crippen molar-refractivity contribution < 1.29 is 4.79 Å². The third-order valence-electron chi connectivity index (χ3n) is 1.63. The summed E-state index contributed by atoms with van der Waals surface area (Å²) < 4.78 is -0.460. The van der Waals surface area contributed by atoms with Crippen LogP contribution in [0, 0.1) is 5.41 Å². The van der Waals surface area contributed by atoms with E-state index in [0.29, 0.717) is 0 Å². The minimum atomic E-state index is -0.460. The van der Waals surface area contributed by atoms with Gasteiger partial charge in [-0.1, -0.05) is 20.8 Å². The van der Waals surface area contributed by atoms with Gasteiger partial charge in [0.25, 0.3) is 0 Å². The van der Waals surface area contributed by atoms with E-state index < -0.39 is 4.75 Å². The molecule has 1 atom stereocenters. The molecule has 0 N–H and O–H groups in total. The minimum absolute atomic E-state index is 0.149. The number of ketones is 1. The highest BCUT2D eigenvalue weighted by atomic mass is 32.1. The van der Waals surface area contributed by atoms with Crippen molar-refractivity contribution >= 4 is 18.4 Å². The lowest BCUT2D eigenvalue weighted by atomic mass is 9.83.